The summed E-state index contributed by atoms with van der Waals surface area (Å²) in [4.78, 5) is 0. The number of aromatic nitrogens is 2. The van der Waals surface area contributed by atoms with Crippen LogP contribution in [0.5, 0.6) is 5.75 Å². The molecule has 1 rings (SSSR count). The van der Waals surface area contributed by atoms with Crippen LogP contribution < -0.4 is 4.74 Å². The summed E-state index contributed by atoms with van der Waals surface area (Å²) >= 11 is 0. The van der Waals surface area contributed by atoms with E-state index in [9.17, 15) is 0 Å². The van der Waals surface area contributed by atoms with Gasteiger partial charge in [-0.15, -0.1) is 0 Å². The third kappa shape index (κ3) is 3.48. The maximum absolute atomic E-state index is 8.32. The van der Waals surface area contributed by atoms with Gasteiger partial charge in [-0.2, -0.15) is 10.4 Å². The zero-order chi connectivity index (χ0) is 10.2. The van der Waals surface area contributed by atoms with E-state index in [4.69, 9.17) is 10.00 Å². The Morgan fingerprint density at radius 2 is 2.50 bits per heavy atom. The van der Waals surface area contributed by atoms with Crippen LogP contribution in [0.4, 0.5) is 0 Å². The van der Waals surface area contributed by atoms with Crippen molar-refractivity contribution in [1.29, 1.82) is 5.26 Å². The third-order valence-electron chi connectivity index (χ3n) is 1.76. The fraction of sp³-hybridized carbons (Fsp3) is 0.600. The quantitative estimate of drug-likeness (QED) is 0.649. The average Bonchev–Trinajstić information content (AvgIpc) is 2.61. The Morgan fingerprint density at radius 1 is 1.64 bits per heavy atom. The molecule has 0 aliphatic heterocycles. The predicted molar refractivity (Wildman–Crippen MR) is 52.9 cm³/mol. The zero-order valence-electron chi connectivity index (χ0n) is 8.44. The number of nitriles is 1. The molecule has 0 amide bonds. The van der Waals surface area contributed by atoms with Crippen molar-refractivity contribution in [2.45, 2.75) is 32.7 Å². The van der Waals surface area contributed by atoms with E-state index in [-0.39, 0.29) is 0 Å². The van der Waals surface area contributed by atoms with E-state index in [0.29, 0.717) is 13.0 Å². The van der Waals surface area contributed by atoms with Crippen molar-refractivity contribution in [3.8, 4) is 11.8 Å². The lowest BCUT2D eigenvalue weighted by Gasteiger charge is -1.99. The monoisotopic (exact) mass is 193 g/mol. The number of unbranched alkanes of at least 4 members (excludes halogenated alkanes) is 1. The molecule has 4 nitrogen and oxygen atoms in total. The second kappa shape index (κ2) is 6.03. The van der Waals surface area contributed by atoms with Gasteiger partial charge in [0.1, 0.15) is 0 Å². The molecule has 76 valence electrons. The minimum absolute atomic E-state index is 0.545. The Labute approximate surface area is 84.1 Å². The summed E-state index contributed by atoms with van der Waals surface area (Å²) in [5.41, 5.74) is 0. The number of rotatable bonds is 6. The van der Waals surface area contributed by atoms with Gasteiger partial charge in [0.25, 0.3) is 0 Å². The molecule has 0 radical (unpaired) electrons. The Kier molecular flexibility index (Phi) is 4.56. The van der Waals surface area contributed by atoms with E-state index in [1.54, 1.807) is 6.20 Å². The molecule has 0 saturated carbocycles. The number of hydrogen-bond donors (Lipinski definition) is 0. The molecule has 1 aromatic rings. The van der Waals surface area contributed by atoms with Crippen molar-refractivity contribution in [3.63, 3.8) is 0 Å². The highest BCUT2D eigenvalue weighted by Crippen LogP contribution is 2.08. The van der Waals surface area contributed by atoms with Crippen molar-refractivity contribution < 1.29 is 4.74 Å². The number of ether oxygens (including phenoxy) is 1. The van der Waals surface area contributed by atoms with Crippen LogP contribution in [0.15, 0.2) is 12.4 Å². The highest BCUT2D eigenvalue weighted by molar-refractivity contribution is 5.11. The Morgan fingerprint density at radius 3 is 3.21 bits per heavy atom. The van der Waals surface area contributed by atoms with Gasteiger partial charge in [-0.1, -0.05) is 6.92 Å². The summed E-state index contributed by atoms with van der Waals surface area (Å²) in [6.45, 7) is 3.61. The highest BCUT2D eigenvalue weighted by Gasteiger charge is 1.97. The fourth-order valence-corrected chi connectivity index (χ4v) is 1.11. The SMILES string of the molecule is CCCn1cc(OCCCC#N)cn1. The van der Waals surface area contributed by atoms with Crippen molar-refractivity contribution in [2.75, 3.05) is 6.61 Å². The molecule has 0 saturated heterocycles. The minimum atomic E-state index is 0.545. The van der Waals surface area contributed by atoms with E-state index >= 15 is 0 Å². The molecule has 1 aromatic heterocycles. The Bertz CT molecular complexity index is 301. The summed E-state index contributed by atoms with van der Waals surface area (Å²) in [5.74, 6) is 0.788. The molecule has 1 heterocycles. The first-order chi connectivity index (χ1) is 6.86. The lowest BCUT2D eigenvalue weighted by atomic mass is 10.3. The van der Waals surface area contributed by atoms with Crippen LogP contribution in [0.3, 0.4) is 0 Å². The van der Waals surface area contributed by atoms with Crippen LogP contribution in [-0.2, 0) is 6.54 Å². The Hall–Kier alpha value is -1.50. The maximum Gasteiger partial charge on any atom is 0.157 e. The van der Waals surface area contributed by atoms with Crippen LogP contribution in [0, 0.1) is 11.3 Å². The van der Waals surface area contributed by atoms with Gasteiger partial charge < -0.3 is 4.74 Å². The van der Waals surface area contributed by atoms with Crippen LogP contribution >= 0.6 is 0 Å². The van der Waals surface area contributed by atoms with Crippen LogP contribution in [0.1, 0.15) is 26.2 Å². The van der Waals surface area contributed by atoms with Crippen molar-refractivity contribution in [1.82, 2.24) is 9.78 Å². The normalized spacial score (nSPS) is 9.71. The number of hydrogen-bond acceptors (Lipinski definition) is 3. The molecule has 0 aliphatic carbocycles. The molecular formula is C10H15N3O. The summed E-state index contributed by atoms with van der Waals surface area (Å²) in [5, 5.41) is 12.4. The topological polar surface area (TPSA) is 50.8 Å². The van der Waals surface area contributed by atoms with E-state index in [1.165, 1.54) is 0 Å². The fourth-order valence-electron chi connectivity index (χ4n) is 1.11. The average molecular weight is 193 g/mol. The van der Waals surface area contributed by atoms with Gasteiger partial charge in [0.15, 0.2) is 5.75 Å². The van der Waals surface area contributed by atoms with Gasteiger partial charge in [0.2, 0.25) is 0 Å². The number of aryl methyl sites for hydroxylation is 1. The van der Waals surface area contributed by atoms with Crippen LogP contribution in [0.2, 0.25) is 0 Å². The molecule has 4 heteroatoms. The predicted octanol–water partition coefficient (Wildman–Crippen LogP) is 1.98. The van der Waals surface area contributed by atoms with Gasteiger partial charge in [0, 0.05) is 13.0 Å². The molecule has 0 fully saturated rings. The van der Waals surface area contributed by atoms with Gasteiger partial charge in [-0.3, -0.25) is 4.68 Å². The lowest BCUT2D eigenvalue weighted by molar-refractivity contribution is 0.312. The molecule has 0 spiro atoms. The first-order valence-corrected chi connectivity index (χ1v) is 4.89. The molecule has 0 atom stereocenters. The van der Waals surface area contributed by atoms with Gasteiger partial charge in [-0.25, -0.2) is 0 Å². The summed E-state index contributed by atoms with van der Waals surface area (Å²) in [6, 6.07) is 2.08. The van der Waals surface area contributed by atoms with E-state index in [1.807, 2.05) is 10.9 Å². The van der Waals surface area contributed by atoms with Gasteiger partial charge >= 0.3 is 0 Å². The molecule has 0 aliphatic rings. The standard InChI is InChI=1S/C10H15N3O/c1-2-6-13-9-10(8-12-13)14-7-4-3-5-11/h8-9H,2-4,6-7H2,1H3. The zero-order valence-corrected chi connectivity index (χ0v) is 8.44. The largest absolute Gasteiger partial charge is 0.490 e. The molecule has 0 unspecified atom stereocenters. The summed E-state index contributed by atoms with van der Waals surface area (Å²) in [6.07, 6.45) is 5.98. The van der Waals surface area contributed by atoms with Crippen LogP contribution in [-0.4, -0.2) is 16.4 Å². The van der Waals surface area contributed by atoms with Crippen molar-refractivity contribution >= 4 is 0 Å². The smallest absolute Gasteiger partial charge is 0.157 e. The van der Waals surface area contributed by atoms with E-state index in [2.05, 4.69) is 18.1 Å². The summed E-state index contributed by atoms with van der Waals surface area (Å²) < 4.78 is 7.26. The Balaban J connectivity index is 2.26. The molecular weight excluding hydrogens is 178 g/mol. The second-order valence-corrected chi connectivity index (χ2v) is 3.05. The molecule has 0 N–H and O–H groups in total. The minimum Gasteiger partial charge on any atom is -0.490 e. The van der Waals surface area contributed by atoms with E-state index < -0.39 is 0 Å². The van der Waals surface area contributed by atoms with Crippen LogP contribution in [0.25, 0.3) is 0 Å². The second-order valence-electron chi connectivity index (χ2n) is 3.05. The molecule has 14 heavy (non-hydrogen) atoms. The lowest BCUT2D eigenvalue weighted by Crippen LogP contribution is -1.97. The van der Waals surface area contributed by atoms with Crippen molar-refractivity contribution in [3.05, 3.63) is 12.4 Å². The first kappa shape index (κ1) is 10.6. The first-order valence-electron chi connectivity index (χ1n) is 4.89. The molecule has 0 bridgehead atoms. The van der Waals surface area contributed by atoms with E-state index in [0.717, 1.165) is 25.1 Å². The molecule has 0 aromatic carbocycles. The maximum atomic E-state index is 8.32. The van der Waals surface area contributed by atoms with Gasteiger partial charge in [-0.05, 0) is 12.8 Å². The van der Waals surface area contributed by atoms with Gasteiger partial charge in [0.05, 0.1) is 25.1 Å². The third-order valence-corrected chi connectivity index (χ3v) is 1.76. The van der Waals surface area contributed by atoms with Crippen molar-refractivity contribution in [2.24, 2.45) is 0 Å². The summed E-state index contributed by atoms with van der Waals surface area (Å²) in [7, 11) is 0. The number of nitrogens with zero attached hydrogens (tertiary/aromatic N) is 3. The highest BCUT2D eigenvalue weighted by atomic mass is 16.5.